The molecular weight excluding hydrogens is 200 g/mol. The molecule has 0 aliphatic heterocycles. The van der Waals surface area contributed by atoms with Gasteiger partial charge in [-0.1, -0.05) is 0 Å². The topological polar surface area (TPSA) is 64.7 Å². The van der Waals surface area contributed by atoms with E-state index in [1.54, 1.807) is 6.20 Å². The molecule has 0 radical (unpaired) electrons. The number of aromatic nitrogens is 3. The third kappa shape index (κ3) is 2.23. The van der Waals surface area contributed by atoms with Crippen molar-refractivity contribution >= 4 is 0 Å². The second-order valence-electron chi connectivity index (χ2n) is 3.75. The average Bonchev–Trinajstić information content (AvgIpc) is 2.28. The van der Waals surface area contributed by atoms with Crippen molar-refractivity contribution in [3.8, 4) is 11.5 Å². The summed E-state index contributed by atoms with van der Waals surface area (Å²) < 4.78 is 0. The molecule has 0 aliphatic rings. The van der Waals surface area contributed by atoms with Crippen molar-refractivity contribution < 1.29 is 0 Å². The fourth-order valence-electron chi connectivity index (χ4n) is 1.51. The zero-order valence-corrected chi connectivity index (χ0v) is 9.44. The summed E-state index contributed by atoms with van der Waals surface area (Å²) in [4.78, 5) is 13.0. The molecule has 82 valence electrons. The Morgan fingerprint density at radius 2 is 2.00 bits per heavy atom. The van der Waals surface area contributed by atoms with Crippen molar-refractivity contribution in [3.05, 3.63) is 41.3 Å². The van der Waals surface area contributed by atoms with Gasteiger partial charge < -0.3 is 5.73 Å². The van der Waals surface area contributed by atoms with Crippen LogP contribution in [0.1, 0.15) is 17.0 Å². The number of rotatable bonds is 2. The molecule has 2 heterocycles. The van der Waals surface area contributed by atoms with Gasteiger partial charge >= 0.3 is 0 Å². The molecule has 4 nitrogen and oxygen atoms in total. The van der Waals surface area contributed by atoms with Crippen LogP contribution in [-0.4, -0.2) is 15.0 Å². The highest BCUT2D eigenvalue weighted by molar-refractivity contribution is 5.50. The van der Waals surface area contributed by atoms with Gasteiger partial charge in [-0.25, -0.2) is 9.97 Å². The van der Waals surface area contributed by atoms with E-state index >= 15 is 0 Å². The standard InChI is InChI=1S/C12H14N4/c1-8-3-4-14-11(5-8)12-15-9(2)6-10(7-13)16-12/h3-6H,7,13H2,1-2H3. The monoisotopic (exact) mass is 214 g/mol. The fourth-order valence-corrected chi connectivity index (χ4v) is 1.51. The molecule has 0 unspecified atom stereocenters. The van der Waals surface area contributed by atoms with E-state index in [1.807, 2.05) is 32.0 Å². The lowest BCUT2D eigenvalue weighted by Crippen LogP contribution is -2.04. The van der Waals surface area contributed by atoms with Crippen LogP contribution in [0.25, 0.3) is 11.5 Å². The van der Waals surface area contributed by atoms with Crippen LogP contribution in [0.2, 0.25) is 0 Å². The third-order valence-electron chi connectivity index (χ3n) is 2.26. The summed E-state index contributed by atoms with van der Waals surface area (Å²) in [7, 11) is 0. The van der Waals surface area contributed by atoms with Gasteiger partial charge in [0.05, 0.1) is 5.69 Å². The molecule has 0 aromatic carbocycles. The number of hydrogen-bond donors (Lipinski definition) is 1. The zero-order valence-electron chi connectivity index (χ0n) is 9.44. The van der Waals surface area contributed by atoms with Gasteiger partial charge in [-0.05, 0) is 37.6 Å². The van der Waals surface area contributed by atoms with Crippen LogP contribution in [0, 0.1) is 13.8 Å². The second-order valence-corrected chi connectivity index (χ2v) is 3.75. The highest BCUT2D eigenvalue weighted by atomic mass is 14.9. The normalized spacial score (nSPS) is 10.4. The minimum absolute atomic E-state index is 0.419. The van der Waals surface area contributed by atoms with E-state index in [2.05, 4.69) is 15.0 Å². The molecule has 2 aromatic heterocycles. The first-order valence-electron chi connectivity index (χ1n) is 5.16. The molecular formula is C12H14N4. The number of aryl methyl sites for hydroxylation is 2. The Morgan fingerprint density at radius 3 is 2.69 bits per heavy atom. The molecule has 0 saturated heterocycles. The van der Waals surface area contributed by atoms with Gasteiger partial charge in [0.1, 0.15) is 5.69 Å². The minimum Gasteiger partial charge on any atom is -0.325 e. The van der Waals surface area contributed by atoms with E-state index in [4.69, 9.17) is 5.73 Å². The number of hydrogen-bond acceptors (Lipinski definition) is 4. The molecule has 4 heteroatoms. The maximum Gasteiger partial charge on any atom is 0.178 e. The SMILES string of the molecule is Cc1ccnc(-c2nc(C)cc(CN)n2)c1. The summed E-state index contributed by atoms with van der Waals surface area (Å²) in [6, 6.07) is 5.80. The van der Waals surface area contributed by atoms with Gasteiger partial charge in [-0.3, -0.25) is 4.98 Å². The van der Waals surface area contributed by atoms with Crippen molar-refractivity contribution in [1.82, 2.24) is 15.0 Å². The predicted molar refractivity (Wildman–Crippen MR) is 62.6 cm³/mol. The van der Waals surface area contributed by atoms with Gasteiger partial charge in [-0.2, -0.15) is 0 Å². The number of nitrogens with two attached hydrogens (primary N) is 1. The summed E-state index contributed by atoms with van der Waals surface area (Å²) in [5.74, 6) is 0.643. The lowest BCUT2D eigenvalue weighted by molar-refractivity contribution is 0.948. The van der Waals surface area contributed by atoms with Crippen LogP contribution in [0.3, 0.4) is 0 Å². The Bertz CT molecular complexity index is 508. The van der Waals surface area contributed by atoms with Crippen molar-refractivity contribution in [2.75, 3.05) is 0 Å². The third-order valence-corrected chi connectivity index (χ3v) is 2.26. The fraction of sp³-hybridized carbons (Fsp3) is 0.250. The molecule has 0 fully saturated rings. The molecule has 2 N–H and O–H groups in total. The Labute approximate surface area is 94.6 Å². The summed E-state index contributed by atoms with van der Waals surface area (Å²) in [6.07, 6.45) is 1.76. The van der Waals surface area contributed by atoms with Gasteiger partial charge in [0.15, 0.2) is 5.82 Å². The van der Waals surface area contributed by atoms with Crippen LogP contribution in [0.15, 0.2) is 24.4 Å². The van der Waals surface area contributed by atoms with Crippen molar-refractivity contribution in [1.29, 1.82) is 0 Å². The van der Waals surface area contributed by atoms with Crippen LogP contribution >= 0.6 is 0 Å². The van der Waals surface area contributed by atoms with Crippen LogP contribution in [0.5, 0.6) is 0 Å². The maximum absolute atomic E-state index is 5.58. The van der Waals surface area contributed by atoms with E-state index in [0.29, 0.717) is 12.4 Å². The molecule has 0 atom stereocenters. The molecule has 0 aliphatic carbocycles. The Balaban J connectivity index is 2.51. The van der Waals surface area contributed by atoms with Gasteiger partial charge in [0.25, 0.3) is 0 Å². The highest BCUT2D eigenvalue weighted by Crippen LogP contribution is 2.14. The van der Waals surface area contributed by atoms with Gasteiger partial charge in [-0.15, -0.1) is 0 Å². The molecule has 0 amide bonds. The predicted octanol–water partition coefficient (Wildman–Crippen LogP) is 1.61. The largest absolute Gasteiger partial charge is 0.325 e. The van der Waals surface area contributed by atoms with E-state index in [0.717, 1.165) is 22.6 Å². The summed E-state index contributed by atoms with van der Waals surface area (Å²) >= 11 is 0. The second kappa shape index (κ2) is 4.37. The average molecular weight is 214 g/mol. The van der Waals surface area contributed by atoms with Crippen LogP contribution in [-0.2, 0) is 6.54 Å². The molecule has 0 saturated carbocycles. The first kappa shape index (κ1) is 10.7. The van der Waals surface area contributed by atoms with Gasteiger partial charge in [0, 0.05) is 18.4 Å². The Kier molecular flexibility index (Phi) is 2.92. The van der Waals surface area contributed by atoms with Gasteiger partial charge in [0.2, 0.25) is 0 Å². The van der Waals surface area contributed by atoms with Crippen molar-refractivity contribution in [3.63, 3.8) is 0 Å². The Hall–Kier alpha value is -1.81. The lowest BCUT2D eigenvalue weighted by atomic mass is 10.2. The van der Waals surface area contributed by atoms with E-state index in [9.17, 15) is 0 Å². The first-order chi connectivity index (χ1) is 7.69. The zero-order chi connectivity index (χ0) is 11.5. The highest BCUT2D eigenvalue weighted by Gasteiger charge is 2.05. The maximum atomic E-state index is 5.58. The lowest BCUT2D eigenvalue weighted by Gasteiger charge is -2.04. The Morgan fingerprint density at radius 1 is 1.19 bits per heavy atom. The summed E-state index contributed by atoms with van der Waals surface area (Å²) in [6.45, 7) is 4.37. The molecule has 0 spiro atoms. The molecule has 2 rings (SSSR count). The number of pyridine rings is 1. The quantitative estimate of drug-likeness (QED) is 0.825. The summed E-state index contributed by atoms with van der Waals surface area (Å²) in [5, 5.41) is 0. The smallest absolute Gasteiger partial charge is 0.178 e. The first-order valence-corrected chi connectivity index (χ1v) is 5.16. The minimum atomic E-state index is 0.419. The summed E-state index contributed by atoms with van der Waals surface area (Å²) in [5.41, 5.74) is 9.27. The van der Waals surface area contributed by atoms with E-state index in [-0.39, 0.29) is 0 Å². The van der Waals surface area contributed by atoms with Crippen molar-refractivity contribution in [2.45, 2.75) is 20.4 Å². The van der Waals surface area contributed by atoms with Crippen LogP contribution in [0.4, 0.5) is 0 Å². The van der Waals surface area contributed by atoms with E-state index in [1.165, 1.54) is 0 Å². The van der Waals surface area contributed by atoms with E-state index < -0.39 is 0 Å². The molecule has 2 aromatic rings. The van der Waals surface area contributed by atoms with Crippen molar-refractivity contribution in [2.24, 2.45) is 5.73 Å². The molecule has 0 bridgehead atoms. The number of nitrogens with zero attached hydrogens (tertiary/aromatic N) is 3. The van der Waals surface area contributed by atoms with Crippen LogP contribution < -0.4 is 5.73 Å². The molecule has 16 heavy (non-hydrogen) atoms.